The van der Waals surface area contributed by atoms with Gasteiger partial charge in [-0.1, -0.05) is 196 Å². The van der Waals surface area contributed by atoms with Crippen LogP contribution in [-0.2, 0) is 28.6 Å². The van der Waals surface area contributed by atoms with Gasteiger partial charge in [0.2, 0.25) is 0 Å². The van der Waals surface area contributed by atoms with Gasteiger partial charge in [-0.3, -0.25) is 14.4 Å². The van der Waals surface area contributed by atoms with E-state index in [0.29, 0.717) is 19.3 Å². The molecule has 0 rings (SSSR count). The molecule has 0 fully saturated rings. The third kappa shape index (κ3) is 45.9. The van der Waals surface area contributed by atoms with Crippen molar-refractivity contribution < 1.29 is 28.6 Å². The van der Waals surface area contributed by atoms with Crippen LogP contribution in [0.3, 0.4) is 0 Å². The van der Waals surface area contributed by atoms with Crippen molar-refractivity contribution in [1.82, 2.24) is 0 Å². The van der Waals surface area contributed by atoms with E-state index in [9.17, 15) is 14.4 Å². The van der Waals surface area contributed by atoms with Gasteiger partial charge in [-0.05, 0) is 89.9 Å². The molecular formula is C54H92O6. The summed E-state index contributed by atoms with van der Waals surface area (Å²) in [5.74, 6) is -0.972. The number of allylic oxidation sites excluding steroid dienone is 12. The molecule has 0 heterocycles. The highest BCUT2D eigenvalue weighted by Crippen LogP contribution is 2.13. The largest absolute Gasteiger partial charge is 0.462 e. The Morgan fingerprint density at radius 2 is 0.617 bits per heavy atom. The molecule has 0 radical (unpaired) electrons. The second kappa shape index (κ2) is 48.5. The fourth-order valence-corrected chi connectivity index (χ4v) is 6.64. The minimum Gasteiger partial charge on any atom is -0.462 e. The zero-order chi connectivity index (χ0) is 43.7. The van der Waals surface area contributed by atoms with Crippen LogP contribution in [0.4, 0.5) is 0 Å². The van der Waals surface area contributed by atoms with Crippen LogP contribution in [0.1, 0.15) is 233 Å². The molecule has 0 aromatic rings. The number of carbonyl (C=O) groups excluding carboxylic acids is 3. The van der Waals surface area contributed by atoms with Crippen molar-refractivity contribution >= 4 is 17.9 Å². The zero-order valence-corrected chi connectivity index (χ0v) is 39.2. The molecule has 0 unspecified atom stereocenters. The second-order valence-corrected chi connectivity index (χ2v) is 16.4. The molecule has 0 bridgehead atoms. The van der Waals surface area contributed by atoms with E-state index in [1.54, 1.807) is 0 Å². The molecule has 6 nitrogen and oxygen atoms in total. The first kappa shape index (κ1) is 56.9. The summed E-state index contributed by atoms with van der Waals surface area (Å²) in [6.07, 6.45) is 60.3. The molecule has 0 saturated heterocycles. The molecule has 0 aliphatic heterocycles. The van der Waals surface area contributed by atoms with E-state index in [-0.39, 0.29) is 37.5 Å². The summed E-state index contributed by atoms with van der Waals surface area (Å²) < 4.78 is 16.7. The molecule has 344 valence electrons. The predicted octanol–water partition coefficient (Wildman–Crippen LogP) is 16.3. The van der Waals surface area contributed by atoms with Crippen LogP contribution in [0.2, 0.25) is 0 Å². The van der Waals surface area contributed by atoms with Crippen LogP contribution in [0.25, 0.3) is 0 Å². The Balaban J connectivity index is 4.48. The van der Waals surface area contributed by atoms with Gasteiger partial charge in [-0.15, -0.1) is 0 Å². The number of ether oxygens (including phenoxy) is 3. The number of rotatable bonds is 44. The molecule has 0 aromatic carbocycles. The lowest BCUT2D eigenvalue weighted by molar-refractivity contribution is -0.167. The smallest absolute Gasteiger partial charge is 0.306 e. The highest BCUT2D eigenvalue weighted by Gasteiger charge is 2.19. The number of carbonyl (C=O) groups is 3. The van der Waals surface area contributed by atoms with E-state index in [1.807, 2.05) is 0 Å². The lowest BCUT2D eigenvalue weighted by Gasteiger charge is -2.18. The summed E-state index contributed by atoms with van der Waals surface area (Å²) >= 11 is 0. The summed E-state index contributed by atoms with van der Waals surface area (Å²) in [6.45, 7) is 6.50. The van der Waals surface area contributed by atoms with Crippen molar-refractivity contribution in [2.24, 2.45) is 0 Å². The first-order chi connectivity index (χ1) is 29.5. The van der Waals surface area contributed by atoms with Crippen LogP contribution in [-0.4, -0.2) is 37.2 Å². The molecule has 0 aliphatic carbocycles. The van der Waals surface area contributed by atoms with Gasteiger partial charge in [0.15, 0.2) is 6.10 Å². The van der Waals surface area contributed by atoms with Crippen LogP contribution in [0.5, 0.6) is 0 Å². The molecule has 0 aromatic heterocycles. The molecule has 0 amide bonds. The average Bonchev–Trinajstić information content (AvgIpc) is 3.24. The number of esters is 3. The standard InChI is InChI=1S/C54H92O6/c1-4-7-10-13-16-19-22-24-26-27-29-30-32-35-38-41-44-47-53(56)59-50-51(49-58-52(55)46-43-40-37-34-21-18-15-12-9-6-3)60-54(57)48-45-42-39-36-33-31-28-25-23-20-17-14-11-8-5-2/h16-17,19-20,24-26,28-30,35,38,51H,4-15,18,21-23,27,31-34,36-37,39-50H2,1-3H3/b19-16-,20-17-,26-24-,28-25-,30-29-,38-35-/t51-/m1/s1. The maximum atomic E-state index is 12.8. The van der Waals surface area contributed by atoms with Gasteiger partial charge in [0.1, 0.15) is 13.2 Å². The summed E-state index contributed by atoms with van der Waals surface area (Å²) in [5, 5.41) is 0. The van der Waals surface area contributed by atoms with E-state index < -0.39 is 6.10 Å². The van der Waals surface area contributed by atoms with Gasteiger partial charge in [0, 0.05) is 19.3 Å². The maximum absolute atomic E-state index is 12.8. The Morgan fingerprint density at radius 1 is 0.333 bits per heavy atom. The first-order valence-corrected chi connectivity index (χ1v) is 24.9. The Hall–Kier alpha value is -3.15. The van der Waals surface area contributed by atoms with Crippen LogP contribution in [0.15, 0.2) is 72.9 Å². The van der Waals surface area contributed by atoms with E-state index in [1.165, 1.54) is 96.3 Å². The lowest BCUT2D eigenvalue weighted by atomic mass is 10.1. The highest BCUT2D eigenvalue weighted by molar-refractivity contribution is 5.71. The van der Waals surface area contributed by atoms with Gasteiger partial charge in [-0.2, -0.15) is 0 Å². The van der Waals surface area contributed by atoms with E-state index >= 15 is 0 Å². The third-order valence-corrected chi connectivity index (χ3v) is 10.4. The molecule has 1 atom stereocenters. The van der Waals surface area contributed by atoms with Gasteiger partial charge in [0.25, 0.3) is 0 Å². The number of hydrogen-bond acceptors (Lipinski definition) is 6. The van der Waals surface area contributed by atoms with Gasteiger partial charge in [0.05, 0.1) is 0 Å². The quantitative estimate of drug-likeness (QED) is 0.0263. The van der Waals surface area contributed by atoms with E-state index in [0.717, 1.165) is 89.9 Å². The van der Waals surface area contributed by atoms with Crippen LogP contribution in [0, 0.1) is 0 Å². The minimum absolute atomic E-state index is 0.0972. The average molecular weight is 837 g/mol. The Kier molecular flexibility index (Phi) is 46.0. The topological polar surface area (TPSA) is 78.9 Å². The predicted molar refractivity (Wildman–Crippen MR) is 256 cm³/mol. The molecule has 0 spiro atoms. The second-order valence-electron chi connectivity index (χ2n) is 16.4. The van der Waals surface area contributed by atoms with Crippen molar-refractivity contribution in [1.29, 1.82) is 0 Å². The molecule has 0 aliphatic rings. The van der Waals surface area contributed by atoms with Crippen molar-refractivity contribution in [2.75, 3.05) is 13.2 Å². The summed E-state index contributed by atoms with van der Waals surface area (Å²) in [5.41, 5.74) is 0. The van der Waals surface area contributed by atoms with Gasteiger partial charge in [-0.25, -0.2) is 0 Å². The van der Waals surface area contributed by atoms with Crippen molar-refractivity contribution in [3.8, 4) is 0 Å². The Bertz CT molecular complexity index is 1140. The fourth-order valence-electron chi connectivity index (χ4n) is 6.64. The Morgan fingerprint density at radius 3 is 1.03 bits per heavy atom. The lowest BCUT2D eigenvalue weighted by Crippen LogP contribution is -2.30. The SMILES string of the molecule is CCCCC/C=C\C/C=C\C/C=C\C/C=C\CCCC(=O)OC[C@@H](COC(=O)CCCCCCCCCCCC)OC(=O)CCCCCCC/C=C\C/C=C\CCCCC. The summed E-state index contributed by atoms with van der Waals surface area (Å²) in [4.78, 5) is 37.8. The van der Waals surface area contributed by atoms with E-state index in [4.69, 9.17) is 14.2 Å². The Labute approximate surface area is 370 Å². The number of hydrogen-bond donors (Lipinski definition) is 0. The van der Waals surface area contributed by atoms with Crippen LogP contribution < -0.4 is 0 Å². The minimum atomic E-state index is -0.801. The third-order valence-electron chi connectivity index (χ3n) is 10.4. The highest BCUT2D eigenvalue weighted by atomic mass is 16.6. The van der Waals surface area contributed by atoms with Crippen molar-refractivity contribution in [2.45, 2.75) is 239 Å². The van der Waals surface area contributed by atoms with E-state index in [2.05, 4.69) is 93.7 Å². The fraction of sp³-hybridized carbons (Fsp3) is 0.722. The summed E-state index contributed by atoms with van der Waals surface area (Å²) in [7, 11) is 0. The monoisotopic (exact) mass is 837 g/mol. The normalized spacial score (nSPS) is 12.7. The van der Waals surface area contributed by atoms with Crippen molar-refractivity contribution in [3.05, 3.63) is 72.9 Å². The van der Waals surface area contributed by atoms with Crippen LogP contribution >= 0.6 is 0 Å². The maximum Gasteiger partial charge on any atom is 0.306 e. The molecule has 6 heteroatoms. The molecule has 0 saturated carbocycles. The molecule has 60 heavy (non-hydrogen) atoms. The van der Waals surface area contributed by atoms with Crippen molar-refractivity contribution in [3.63, 3.8) is 0 Å². The van der Waals surface area contributed by atoms with Gasteiger partial charge < -0.3 is 14.2 Å². The first-order valence-electron chi connectivity index (χ1n) is 24.9. The molecule has 0 N–H and O–H groups in total. The summed E-state index contributed by atoms with van der Waals surface area (Å²) in [6, 6.07) is 0. The molecular weight excluding hydrogens is 745 g/mol. The zero-order valence-electron chi connectivity index (χ0n) is 39.2. The number of unbranched alkanes of at least 4 members (excludes halogenated alkanes) is 21. The van der Waals surface area contributed by atoms with Gasteiger partial charge >= 0.3 is 17.9 Å².